The SMILES string of the molecule is Cc1ccc(C(C)Nc2nc(N)nc(OC(C)C)n2)s1. The molecule has 0 saturated carbocycles. The van der Waals surface area contributed by atoms with Crippen LogP contribution in [0.2, 0.25) is 0 Å². The fourth-order valence-electron chi connectivity index (χ4n) is 1.65. The molecule has 7 heteroatoms. The zero-order valence-electron chi connectivity index (χ0n) is 12.0. The maximum atomic E-state index is 5.67. The van der Waals surface area contributed by atoms with Crippen molar-refractivity contribution >= 4 is 23.2 Å². The molecule has 20 heavy (non-hydrogen) atoms. The van der Waals surface area contributed by atoms with Crippen molar-refractivity contribution in [1.82, 2.24) is 15.0 Å². The van der Waals surface area contributed by atoms with Gasteiger partial charge in [-0.25, -0.2) is 0 Å². The van der Waals surface area contributed by atoms with Crippen molar-refractivity contribution in [3.63, 3.8) is 0 Å². The highest BCUT2D eigenvalue weighted by atomic mass is 32.1. The fraction of sp³-hybridized carbons (Fsp3) is 0.462. The third-order valence-corrected chi connectivity index (χ3v) is 3.69. The number of ether oxygens (including phenoxy) is 1. The number of aromatic nitrogens is 3. The van der Waals surface area contributed by atoms with Crippen molar-refractivity contribution in [2.45, 2.75) is 39.8 Å². The van der Waals surface area contributed by atoms with Crippen LogP contribution in [0.4, 0.5) is 11.9 Å². The molecular formula is C13H19N5OS. The standard InChI is InChI=1S/C13H19N5OS/c1-7(2)19-13-17-11(14)16-12(18-13)15-9(4)10-6-5-8(3)20-10/h5-7,9H,1-4H3,(H3,14,15,16,17,18). The quantitative estimate of drug-likeness (QED) is 0.881. The minimum absolute atomic E-state index is 0.0120. The number of rotatable bonds is 5. The molecule has 0 amide bonds. The van der Waals surface area contributed by atoms with Gasteiger partial charge in [0.05, 0.1) is 12.1 Å². The summed E-state index contributed by atoms with van der Waals surface area (Å²) >= 11 is 1.74. The van der Waals surface area contributed by atoms with E-state index in [9.17, 15) is 0 Å². The van der Waals surface area contributed by atoms with Gasteiger partial charge in [0, 0.05) is 9.75 Å². The number of aryl methyl sites for hydroxylation is 1. The van der Waals surface area contributed by atoms with Gasteiger partial charge in [0.15, 0.2) is 0 Å². The second-order valence-electron chi connectivity index (χ2n) is 4.78. The minimum Gasteiger partial charge on any atom is -0.461 e. The average molecular weight is 293 g/mol. The zero-order valence-corrected chi connectivity index (χ0v) is 12.9. The van der Waals surface area contributed by atoms with Crippen molar-refractivity contribution in [2.24, 2.45) is 0 Å². The largest absolute Gasteiger partial charge is 0.461 e. The highest BCUT2D eigenvalue weighted by Crippen LogP contribution is 2.25. The van der Waals surface area contributed by atoms with Crippen LogP contribution in [0.5, 0.6) is 6.01 Å². The Labute approximate surface area is 122 Å². The van der Waals surface area contributed by atoms with Gasteiger partial charge in [-0.15, -0.1) is 11.3 Å². The van der Waals surface area contributed by atoms with Crippen LogP contribution in [-0.2, 0) is 0 Å². The molecule has 2 aromatic rings. The molecule has 0 aliphatic carbocycles. The highest BCUT2D eigenvalue weighted by Gasteiger charge is 2.12. The molecule has 1 unspecified atom stereocenters. The summed E-state index contributed by atoms with van der Waals surface area (Å²) < 4.78 is 5.45. The van der Waals surface area contributed by atoms with E-state index >= 15 is 0 Å². The molecule has 0 aliphatic heterocycles. The van der Waals surface area contributed by atoms with Crippen LogP contribution in [0.15, 0.2) is 12.1 Å². The lowest BCUT2D eigenvalue weighted by molar-refractivity contribution is 0.222. The smallest absolute Gasteiger partial charge is 0.323 e. The number of nitrogens with one attached hydrogen (secondary N) is 1. The van der Waals surface area contributed by atoms with Gasteiger partial charge in [-0.1, -0.05) is 0 Å². The molecule has 0 spiro atoms. The Morgan fingerprint density at radius 2 is 1.95 bits per heavy atom. The zero-order chi connectivity index (χ0) is 14.7. The molecule has 2 aromatic heterocycles. The fourth-order valence-corrected chi connectivity index (χ4v) is 2.53. The van der Waals surface area contributed by atoms with Gasteiger partial charge in [0.25, 0.3) is 0 Å². The van der Waals surface area contributed by atoms with Gasteiger partial charge < -0.3 is 15.8 Å². The summed E-state index contributed by atoms with van der Waals surface area (Å²) in [5.41, 5.74) is 5.67. The van der Waals surface area contributed by atoms with Crippen LogP contribution in [0, 0.1) is 6.92 Å². The Hall–Kier alpha value is -1.89. The molecule has 3 N–H and O–H groups in total. The maximum Gasteiger partial charge on any atom is 0.323 e. The Morgan fingerprint density at radius 1 is 1.20 bits per heavy atom. The Balaban J connectivity index is 2.14. The summed E-state index contributed by atoms with van der Waals surface area (Å²) in [5, 5.41) is 3.21. The number of nitrogens with zero attached hydrogens (tertiary/aromatic N) is 3. The second-order valence-corrected chi connectivity index (χ2v) is 6.10. The maximum absolute atomic E-state index is 5.67. The number of anilines is 2. The van der Waals surface area contributed by atoms with E-state index in [2.05, 4.69) is 39.3 Å². The average Bonchev–Trinajstić information content (AvgIpc) is 2.74. The van der Waals surface area contributed by atoms with Crippen molar-refractivity contribution < 1.29 is 4.74 Å². The predicted octanol–water partition coefficient (Wildman–Crippen LogP) is 2.78. The third-order valence-electron chi connectivity index (χ3n) is 2.51. The highest BCUT2D eigenvalue weighted by molar-refractivity contribution is 7.12. The second kappa shape index (κ2) is 6.04. The molecule has 2 rings (SSSR count). The Kier molecular flexibility index (Phi) is 4.39. The van der Waals surface area contributed by atoms with E-state index in [0.717, 1.165) is 0 Å². The minimum atomic E-state index is -0.0120. The van der Waals surface area contributed by atoms with Crippen LogP contribution in [-0.4, -0.2) is 21.1 Å². The summed E-state index contributed by atoms with van der Waals surface area (Å²) in [7, 11) is 0. The summed E-state index contributed by atoms with van der Waals surface area (Å²) in [5.74, 6) is 0.569. The first-order valence-electron chi connectivity index (χ1n) is 6.45. The number of hydrogen-bond donors (Lipinski definition) is 2. The van der Waals surface area contributed by atoms with Crippen LogP contribution in [0.1, 0.15) is 36.6 Å². The van der Waals surface area contributed by atoms with Crippen molar-refractivity contribution in [3.05, 3.63) is 21.9 Å². The van der Waals surface area contributed by atoms with Gasteiger partial charge in [0.2, 0.25) is 11.9 Å². The van der Waals surface area contributed by atoms with Crippen LogP contribution in [0.3, 0.4) is 0 Å². The van der Waals surface area contributed by atoms with E-state index in [1.165, 1.54) is 9.75 Å². The summed E-state index contributed by atoms with van der Waals surface area (Å²) in [6, 6.07) is 4.52. The molecule has 0 saturated heterocycles. The van der Waals surface area contributed by atoms with E-state index in [0.29, 0.717) is 5.95 Å². The molecule has 0 radical (unpaired) electrons. The molecule has 0 aromatic carbocycles. The molecule has 0 bridgehead atoms. The summed E-state index contributed by atoms with van der Waals surface area (Å²) in [6.45, 7) is 7.94. The number of hydrogen-bond acceptors (Lipinski definition) is 7. The van der Waals surface area contributed by atoms with Crippen LogP contribution >= 0.6 is 11.3 Å². The first-order valence-corrected chi connectivity index (χ1v) is 7.26. The molecule has 0 fully saturated rings. The first kappa shape index (κ1) is 14.5. The van der Waals surface area contributed by atoms with Gasteiger partial charge in [-0.3, -0.25) is 0 Å². The van der Waals surface area contributed by atoms with Crippen molar-refractivity contribution in [1.29, 1.82) is 0 Å². The third kappa shape index (κ3) is 3.80. The molecule has 6 nitrogen and oxygen atoms in total. The molecule has 1 atom stereocenters. The van der Waals surface area contributed by atoms with E-state index in [-0.39, 0.29) is 24.1 Å². The topological polar surface area (TPSA) is 86.0 Å². The molecular weight excluding hydrogens is 274 g/mol. The molecule has 108 valence electrons. The summed E-state index contributed by atoms with van der Waals surface area (Å²) in [6.07, 6.45) is -0.0120. The van der Waals surface area contributed by atoms with Gasteiger partial charge in [-0.05, 0) is 39.8 Å². The lowest BCUT2D eigenvalue weighted by Crippen LogP contribution is -2.14. The molecule has 2 heterocycles. The Bertz CT molecular complexity index is 584. The van der Waals surface area contributed by atoms with E-state index in [1.54, 1.807) is 11.3 Å². The van der Waals surface area contributed by atoms with Crippen LogP contribution < -0.4 is 15.8 Å². The van der Waals surface area contributed by atoms with Crippen molar-refractivity contribution in [2.75, 3.05) is 11.1 Å². The van der Waals surface area contributed by atoms with E-state index < -0.39 is 0 Å². The number of thiophene rings is 1. The lowest BCUT2D eigenvalue weighted by atomic mass is 10.3. The summed E-state index contributed by atoms with van der Waals surface area (Å²) in [4.78, 5) is 14.7. The first-order chi connectivity index (χ1) is 9.44. The monoisotopic (exact) mass is 293 g/mol. The normalized spacial score (nSPS) is 12.4. The molecule has 0 aliphatic rings. The number of nitrogen functional groups attached to an aromatic ring is 1. The van der Waals surface area contributed by atoms with E-state index in [1.807, 2.05) is 20.8 Å². The van der Waals surface area contributed by atoms with Gasteiger partial charge >= 0.3 is 6.01 Å². The van der Waals surface area contributed by atoms with Crippen molar-refractivity contribution in [3.8, 4) is 6.01 Å². The Morgan fingerprint density at radius 3 is 2.55 bits per heavy atom. The van der Waals surface area contributed by atoms with Crippen LogP contribution in [0.25, 0.3) is 0 Å². The predicted molar refractivity (Wildman–Crippen MR) is 81.1 cm³/mol. The van der Waals surface area contributed by atoms with E-state index in [4.69, 9.17) is 10.5 Å². The number of nitrogens with two attached hydrogens (primary N) is 1. The van der Waals surface area contributed by atoms with Gasteiger partial charge in [0.1, 0.15) is 0 Å². The van der Waals surface area contributed by atoms with Gasteiger partial charge in [-0.2, -0.15) is 15.0 Å². The lowest BCUT2D eigenvalue weighted by Gasteiger charge is -2.13.